The zero-order valence-corrected chi connectivity index (χ0v) is 12.0. The number of aliphatic imine (C=N–C) groups is 1. The van der Waals surface area contributed by atoms with Gasteiger partial charge in [-0.3, -0.25) is 9.89 Å². The molecule has 0 radical (unpaired) electrons. The summed E-state index contributed by atoms with van der Waals surface area (Å²) >= 11 is 0. The van der Waals surface area contributed by atoms with E-state index in [1.54, 1.807) is 0 Å². The molecule has 0 saturated carbocycles. The van der Waals surface area contributed by atoms with Crippen molar-refractivity contribution in [2.45, 2.75) is 37.8 Å². The molecule has 3 aliphatic rings. The number of anilines is 1. The van der Waals surface area contributed by atoms with Gasteiger partial charge >= 0.3 is 0 Å². The van der Waals surface area contributed by atoms with Crippen molar-refractivity contribution in [1.82, 2.24) is 4.90 Å². The molecule has 1 aromatic rings. The monoisotopic (exact) mass is 270 g/mol. The summed E-state index contributed by atoms with van der Waals surface area (Å²) in [6, 6.07) is 9.31. The topological polar surface area (TPSA) is 44.9 Å². The first-order chi connectivity index (χ1) is 9.71. The molecular weight excluding hydrogens is 248 g/mol. The van der Waals surface area contributed by atoms with Gasteiger partial charge in [-0.25, -0.2) is 0 Å². The van der Waals surface area contributed by atoms with E-state index < -0.39 is 0 Å². The van der Waals surface area contributed by atoms with Gasteiger partial charge in [0.25, 0.3) is 0 Å². The van der Waals surface area contributed by atoms with Crippen molar-refractivity contribution in [3.63, 3.8) is 0 Å². The van der Waals surface area contributed by atoms with Crippen LogP contribution >= 0.6 is 0 Å². The second-order valence-electron chi connectivity index (χ2n) is 6.39. The van der Waals surface area contributed by atoms with Crippen molar-refractivity contribution in [2.24, 2.45) is 10.7 Å². The number of hydrogen-bond acceptors (Lipinski definition) is 4. The molecule has 1 spiro atoms. The Kier molecular flexibility index (Phi) is 2.58. The van der Waals surface area contributed by atoms with Crippen LogP contribution in [0.1, 0.15) is 24.8 Å². The van der Waals surface area contributed by atoms with Crippen molar-refractivity contribution in [2.75, 3.05) is 24.5 Å². The number of hydrogen-bond donors (Lipinski definition) is 1. The minimum absolute atomic E-state index is 0.107. The first-order valence-corrected chi connectivity index (χ1v) is 7.62. The molecule has 4 nitrogen and oxygen atoms in total. The van der Waals surface area contributed by atoms with Crippen LogP contribution in [0, 0.1) is 6.92 Å². The number of aryl methyl sites for hydroxylation is 1. The third-order valence-corrected chi connectivity index (χ3v) is 5.30. The molecule has 0 aromatic heterocycles. The molecule has 2 fully saturated rings. The molecule has 20 heavy (non-hydrogen) atoms. The van der Waals surface area contributed by atoms with E-state index in [-0.39, 0.29) is 5.54 Å². The Hall–Kier alpha value is -1.55. The number of guanidine groups is 1. The second kappa shape index (κ2) is 4.22. The summed E-state index contributed by atoms with van der Waals surface area (Å²) in [5.41, 5.74) is 8.83. The molecule has 2 N–H and O–H groups in total. The highest BCUT2D eigenvalue weighted by atomic mass is 15.4. The van der Waals surface area contributed by atoms with E-state index in [4.69, 9.17) is 5.73 Å². The van der Waals surface area contributed by atoms with Crippen LogP contribution in [0.15, 0.2) is 29.3 Å². The summed E-state index contributed by atoms with van der Waals surface area (Å²) in [6.45, 7) is 5.41. The molecule has 0 amide bonds. The van der Waals surface area contributed by atoms with Crippen LogP contribution in [0.4, 0.5) is 5.69 Å². The number of fused-ring (bicyclic) bond motifs is 2. The Morgan fingerprint density at radius 2 is 2.05 bits per heavy atom. The van der Waals surface area contributed by atoms with Crippen molar-refractivity contribution in [1.29, 1.82) is 0 Å². The Morgan fingerprint density at radius 1 is 1.25 bits per heavy atom. The van der Waals surface area contributed by atoms with Crippen LogP contribution in [0.3, 0.4) is 0 Å². The molecule has 2 saturated heterocycles. The van der Waals surface area contributed by atoms with Gasteiger partial charge in [-0.2, -0.15) is 0 Å². The maximum Gasteiger partial charge on any atom is 0.196 e. The Balaban J connectivity index is 1.75. The van der Waals surface area contributed by atoms with Gasteiger partial charge in [-0.1, -0.05) is 17.7 Å². The van der Waals surface area contributed by atoms with E-state index in [1.165, 1.54) is 43.6 Å². The normalized spacial score (nSPS) is 33.0. The van der Waals surface area contributed by atoms with E-state index in [0.717, 1.165) is 6.54 Å². The molecule has 1 aromatic carbocycles. The van der Waals surface area contributed by atoms with Gasteiger partial charge in [0.2, 0.25) is 0 Å². The van der Waals surface area contributed by atoms with E-state index in [2.05, 4.69) is 46.0 Å². The number of nitrogens with two attached hydrogens (primary N) is 1. The first kappa shape index (κ1) is 12.2. The quantitative estimate of drug-likeness (QED) is 0.845. The van der Waals surface area contributed by atoms with Gasteiger partial charge in [-0.15, -0.1) is 0 Å². The number of rotatable bonds is 1. The average molecular weight is 270 g/mol. The van der Waals surface area contributed by atoms with E-state index >= 15 is 0 Å². The fraction of sp³-hybridized carbons (Fsp3) is 0.562. The smallest absolute Gasteiger partial charge is 0.196 e. The predicted molar refractivity (Wildman–Crippen MR) is 82.1 cm³/mol. The largest absolute Gasteiger partial charge is 0.369 e. The summed E-state index contributed by atoms with van der Waals surface area (Å²) in [7, 11) is 0. The lowest BCUT2D eigenvalue weighted by molar-refractivity contribution is 0.274. The van der Waals surface area contributed by atoms with Crippen LogP contribution in [0.5, 0.6) is 0 Å². The van der Waals surface area contributed by atoms with E-state index in [9.17, 15) is 0 Å². The third-order valence-electron chi connectivity index (χ3n) is 5.30. The van der Waals surface area contributed by atoms with Crippen molar-refractivity contribution in [3.05, 3.63) is 29.8 Å². The van der Waals surface area contributed by atoms with Crippen LogP contribution < -0.4 is 10.6 Å². The highest BCUT2D eigenvalue weighted by Gasteiger charge is 2.55. The van der Waals surface area contributed by atoms with E-state index in [1.807, 2.05) is 0 Å². The SMILES string of the molecule is Cc1ccc(N2C(N)=NCC23CCN2CCCC23)cc1. The lowest BCUT2D eigenvalue weighted by Gasteiger charge is -2.40. The number of nitrogens with zero attached hydrogens (tertiary/aromatic N) is 3. The fourth-order valence-electron chi connectivity index (χ4n) is 4.32. The summed E-state index contributed by atoms with van der Waals surface area (Å²) in [5, 5.41) is 0. The lowest BCUT2D eigenvalue weighted by atomic mass is 9.87. The Bertz CT molecular complexity index is 550. The average Bonchev–Trinajstić information content (AvgIpc) is 3.10. The molecule has 4 rings (SSSR count). The van der Waals surface area contributed by atoms with Crippen molar-refractivity contribution in [3.8, 4) is 0 Å². The third kappa shape index (κ3) is 1.54. The molecule has 2 atom stereocenters. The summed E-state index contributed by atoms with van der Waals surface area (Å²) < 4.78 is 0. The van der Waals surface area contributed by atoms with Gasteiger partial charge < -0.3 is 10.6 Å². The van der Waals surface area contributed by atoms with Gasteiger partial charge in [0, 0.05) is 18.3 Å². The summed E-state index contributed by atoms with van der Waals surface area (Å²) in [6.07, 6.45) is 3.77. The maximum atomic E-state index is 6.24. The molecule has 0 bridgehead atoms. The minimum Gasteiger partial charge on any atom is -0.369 e. The summed E-state index contributed by atoms with van der Waals surface area (Å²) in [5.74, 6) is 0.697. The first-order valence-electron chi connectivity index (χ1n) is 7.62. The van der Waals surface area contributed by atoms with Crippen LogP contribution in [0.2, 0.25) is 0 Å². The van der Waals surface area contributed by atoms with Crippen LogP contribution in [0.25, 0.3) is 0 Å². The zero-order valence-electron chi connectivity index (χ0n) is 12.0. The molecule has 3 aliphatic heterocycles. The molecule has 4 heteroatoms. The second-order valence-corrected chi connectivity index (χ2v) is 6.39. The van der Waals surface area contributed by atoms with Gasteiger partial charge in [0.05, 0.1) is 12.1 Å². The van der Waals surface area contributed by atoms with Gasteiger partial charge in [-0.05, 0) is 44.9 Å². The molecular formula is C16H22N4. The van der Waals surface area contributed by atoms with Crippen molar-refractivity contribution < 1.29 is 0 Å². The highest BCUT2D eigenvalue weighted by Crippen LogP contribution is 2.44. The van der Waals surface area contributed by atoms with Gasteiger partial charge in [0.1, 0.15) is 0 Å². The zero-order chi connectivity index (χ0) is 13.7. The minimum atomic E-state index is 0.107. The van der Waals surface area contributed by atoms with E-state index in [0.29, 0.717) is 12.0 Å². The Labute approximate surface area is 120 Å². The fourth-order valence-corrected chi connectivity index (χ4v) is 4.32. The van der Waals surface area contributed by atoms with Crippen LogP contribution in [-0.2, 0) is 0 Å². The molecule has 106 valence electrons. The maximum absolute atomic E-state index is 6.24. The number of benzene rings is 1. The lowest BCUT2D eigenvalue weighted by Crippen LogP contribution is -2.57. The van der Waals surface area contributed by atoms with Crippen molar-refractivity contribution >= 4 is 11.6 Å². The Morgan fingerprint density at radius 3 is 2.85 bits per heavy atom. The molecule has 3 heterocycles. The summed E-state index contributed by atoms with van der Waals surface area (Å²) in [4.78, 5) is 9.56. The predicted octanol–water partition coefficient (Wildman–Crippen LogP) is 1.74. The standard InChI is InChI=1S/C16H22N4/c1-12-4-6-13(7-5-12)20-15(17)18-11-16(20)8-10-19-9-2-3-14(16)19/h4-7,14H,2-3,8-11H2,1H3,(H2,17,18). The highest BCUT2D eigenvalue weighted by molar-refractivity contribution is 5.98. The van der Waals surface area contributed by atoms with Gasteiger partial charge in [0.15, 0.2) is 5.96 Å². The molecule has 0 aliphatic carbocycles. The molecule has 2 unspecified atom stereocenters. The van der Waals surface area contributed by atoms with Crippen LogP contribution in [-0.4, -0.2) is 42.1 Å².